The molecule has 2 unspecified atom stereocenters. The van der Waals surface area contributed by atoms with Gasteiger partial charge in [0.2, 0.25) is 0 Å². The van der Waals surface area contributed by atoms with Crippen molar-refractivity contribution in [3.63, 3.8) is 0 Å². The first kappa shape index (κ1) is 12.2. The van der Waals surface area contributed by atoms with Gasteiger partial charge in [-0.3, -0.25) is 0 Å². The summed E-state index contributed by atoms with van der Waals surface area (Å²) < 4.78 is 1.63. The Labute approximate surface area is 97.5 Å². The van der Waals surface area contributed by atoms with Crippen molar-refractivity contribution < 1.29 is 0 Å². The van der Waals surface area contributed by atoms with Crippen LogP contribution in [0.15, 0.2) is 12.2 Å². The maximum atomic E-state index is 2.55. The van der Waals surface area contributed by atoms with E-state index in [-0.39, 0.29) is 0 Å². The second-order valence-electron chi connectivity index (χ2n) is 2.56. The molecule has 0 N–H and O–H groups in total. The van der Waals surface area contributed by atoms with Crippen molar-refractivity contribution in [1.29, 1.82) is 0 Å². The van der Waals surface area contributed by atoms with Crippen LogP contribution in [0, 0.1) is 0 Å². The molecular formula is C9H16I2. The van der Waals surface area contributed by atoms with E-state index in [0.29, 0.717) is 0 Å². The SMILES string of the molecule is CCC=CCC(I)C(I)CC. The highest BCUT2D eigenvalue weighted by molar-refractivity contribution is 14.1. The standard InChI is InChI=1S/C9H16I2/c1-3-5-6-7-9(11)8(10)4-2/h5-6,8-9H,3-4,7H2,1-2H3. The molecule has 0 rings (SSSR count). The summed E-state index contributed by atoms with van der Waals surface area (Å²) in [5.41, 5.74) is 0. The predicted octanol–water partition coefficient (Wildman–Crippen LogP) is 4.36. The summed E-state index contributed by atoms with van der Waals surface area (Å²) in [5.74, 6) is 0. The Morgan fingerprint density at radius 3 is 2.18 bits per heavy atom. The first-order valence-corrected chi connectivity index (χ1v) is 6.64. The Balaban J connectivity index is 3.50. The molecule has 2 atom stereocenters. The van der Waals surface area contributed by atoms with E-state index in [1.54, 1.807) is 0 Å². The maximum absolute atomic E-state index is 2.55. The number of allylic oxidation sites excluding steroid dienone is 2. The Kier molecular flexibility index (Phi) is 8.68. The van der Waals surface area contributed by atoms with Crippen LogP contribution < -0.4 is 0 Å². The normalized spacial score (nSPS) is 17.1. The van der Waals surface area contributed by atoms with Gasteiger partial charge in [0.05, 0.1) is 0 Å². The molecule has 0 bridgehead atoms. The lowest BCUT2D eigenvalue weighted by Gasteiger charge is -2.12. The van der Waals surface area contributed by atoms with Crippen molar-refractivity contribution >= 4 is 45.2 Å². The molecule has 2 heteroatoms. The van der Waals surface area contributed by atoms with Gasteiger partial charge in [0, 0.05) is 7.85 Å². The van der Waals surface area contributed by atoms with E-state index < -0.39 is 0 Å². The van der Waals surface area contributed by atoms with Crippen molar-refractivity contribution in [2.75, 3.05) is 0 Å². The van der Waals surface area contributed by atoms with Gasteiger partial charge in [-0.05, 0) is 19.3 Å². The predicted molar refractivity (Wildman–Crippen MR) is 70.0 cm³/mol. The Bertz CT molecular complexity index is 110. The second kappa shape index (κ2) is 7.83. The molecule has 0 saturated carbocycles. The lowest BCUT2D eigenvalue weighted by atomic mass is 10.2. The van der Waals surface area contributed by atoms with Crippen molar-refractivity contribution in [2.24, 2.45) is 0 Å². The van der Waals surface area contributed by atoms with Gasteiger partial charge in [-0.1, -0.05) is 71.2 Å². The van der Waals surface area contributed by atoms with Gasteiger partial charge in [-0.15, -0.1) is 0 Å². The van der Waals surface area contributed by atoms with Crippen molar-refractivity contribution in [3.05, 3.63) is 12.2 Å². The van der Waals surface area contributed by atoms with E-state index in [4.69, 9.17) is 0 Å². The quantitative estimate of drug-likeness (QED) is 0.379. The van der Waals surface area contributed by atoms with Gasteiger partial charge in [0.1, 0.15) is 0 Å². The van der Waals surface area contributed by atoms with Gasteiger partial charge in [0.15, 0.2) is 0 Å². The fourth-order valence-electron chi connectivity index (χ4n) is 0.796. The summed E-state index contributed by atoms with van der Waals surface area (Å²) in [7, 11) is 0. The zero-order valence-corrected chi connectivity index (χ0v) is 11.5. The summed E-state index contributed by atoms with van der Waals surface area (Å²) in [4.78, 5) is 0. The first-order valence-electron chi connectivity index (χ1n) is 4.15. The molecule has 0 saturated heterocycles. The highest BCUT2D eigenvalue weighted by Gasteiger charge is 2.10. The van der Waals surface area contributed by atoms with Crippen LogP contribution in [0.5, 0.6) is 0 Å². The van der Waals surface area contributed by atoms with E-state index in [1.807, 2.05) is 0 Å². The molecule has 0 spiro atoms. The summed E-state index contributed by atoms with van der Waals surface area (Å²) in [6.07, 6.45) is 8.24. The van der Waals surface area contributed by atoms with Crippen LogP contribution in [0.4, 0.5) is 0 Å². The summed E-state index contributed by atoms with van der Waals surface area (Å²) in [5, 5.41) is 0. The van der Waals surface area contributed by atoms with Gasteiger partial charge in [-0.2, -0.15) is 0 Å². The molecule has 0 heterocycles. The third kappa shape index (κ3) is 6.37. The number of hydrogen-bond acceptors (Lipinski definition) is 0. The highest BCUT2D eigenvalue weighted by atomic mass is 127. The van der Waals surface area contributed by atoms with Crippen LogP contribution >= 0.6 is 45.2 Å². The molecule has 0 amide bonds. The largest absolute Gasteiger partial charge is 0.0888 e. The molecule has 0 aromatic heterocycles. The smallest absolute Gasteiger partial charge is 0.0262 e. The molecule has 0 aromatic rings. The topological polar surface area (TPSA) is 0 Å². The van der Waals surface area contributed by atoms with E-state index in [1.165, 1.54) is 19.3 Å². The lowest BCUT2D eigenvalue weighted by molar-refractivity contribution is 0.811. The van der Waals surface area contributed by atoms with Gasteiger partial charge < -0.3 is 0 Å². The Hall–Kier alpha value is 1.20. The minimum absolute atomic E-state index is 0.806. The van der Waals surface area contributed by atoms with E-state index in [2.05, 4.69) is 71.2 Å². The number of rotatable bonds is 5. The van der Waals surface area contributed by atoms with E-state index in [9.17, 15) is 0 Å². The minimum atomic E-state index is 0.806. The molecule has 0 radical (unpaired) electrons. The minimum Gasteiger partial charge on any atom is -0.0888 e. The van der Waals surface area contributed by atoms with Crippen LogP contribution in [-0.2, 0) is 0 Å². The molecule has 0 nitrogen and oxygen atoms in total. The van der Waals surface area contributed by atoms with Crippen LogP contribution in [0.2, 0.25) is 0 Å². The lowest BCUT2D eigenvalue weighted by Crippen LogP contribution is -2.10. The summed E-state index contributed by atoms with van der Waals surface area (Å²) in [6, 6.07) is 0. The Morgan fingerprint density at radius 2 is 1.73 bits per heavy atom. The number of hydrogen-bond donors (Lipinski definition) is 0. The first-order chi connectivity index (χ1) is 5.22. The molecular weight excluding hydrogens is 362 g/mol. The van der Waals surface area contributed by atoms with Crippen LogP contribution in [0.25, 0.3) is 0 Å². The molecule has 0 fully saturated rings. The van der Waals surface area contributed by atoms with Crippen molar-refractivity contribution in [3.8, 4) is 0 Å². The highest BCUT2D eigenvalue weighted by Crippen LogP contribution is 2.21. The number of halogens is 2. The second-order valence-corrected chi connectivity index (χ2v) is 5.76. The molecule has 0 aromatic carbocycles. The van der Waals surface area contributed by atoms with Gasteiger partial charge >= 0.3 is 0 Å². The van der Waals surface area contributed by atoms with Crippen molar-refractivity contribution in [2.45, 2.75) is 41.0 Å². The summed E-state index contributed by atoms with van der Waals surface area (Å²) >= 11 is 5.09. The fourth-order valence-corrected chi connectivity index (χ4v) is 1.89. The van der Waals surface area contributed by atoms with E-state index >= 15 is 0 Å². The zero-order valence-electron chi connectivity index (χ0n) is 7.19. The molecule has 0 aliphatic rings. The van der Waals surface area contributed by atoms with Gasteiger partial charge in [0.25, 0.3) is 0 Å². The van der Waals surface area contributed by atoms with Gasteiger partial charge in [-0.25, -0.2) is 0 Å². The Morgan fingerprint density at radius 1 is 1.09 bits per heavy atom. The van der Waals surface area contributed by atoms with E-state index in [0.717, 1.165) is 7.85 Å². The number of alkyl halides is 2. The average molecular weight is 378 g/mol. The maximum Gasteiger partial charge on any atom is 0.0262 e. The summed E-state index contributed by atoms with van der Waals surface area (Å²) in [6.45, 7) is 4.44. The third-order valence-corrected chi connectivity index (χ3v) is 6.05. The molecule has 11 heavy (non-hydrogen) atoms. The zero-order chi connectivity index (χ0) is 8.69. The van der Waals surface area contributed by atoms with Crippen LogP contribution in [0.1, 0.15) is 33.1 Å². The monoisotopic (exact) mass is 378 g/mol. The van der Waals surface area contributed by atoms with Crippen LogP contribution in [0.3, 0.4) is 0 Å². The molecule has 66 valence electrons. The third-order valence-electron chi connectivity index (χ3n) is 1.55. The average Bonchev–Trinajstić information content (AvgIpc) is 2.03. The fraction of sp³-hybridized carbons (Fsp3) is 0.778. The van der Waals surface area contributed by atoms with Crippen LogP contribution in [-0.4, -0.2) is 7.85 Å². The van der Waals surface area contributed by atoms with Crippen molar-refractivity contribution in [1.82, 2.24) is 0 Å². The molecule has 0 aliphatic carbocycles. The molecule has 0 aliphatic heterocycles.